The number of para-hydroxylation sites is 1. The molecule has 0 aliphatic heterocycles. The van der Waals surface area contributed by atoms with Gasteiger partial charge >= 0.3 is 0 Å². The Hall–Kier alpha value is -7.46. The zero-order chi connectivity index (χ0) is 38.9. The lowest BCUT2D eigenvalue weighted by atomic mass is 9.93. The molecule has 12 aromatic rings. The van der Waals surface area contributed by atoms with Crippen molar-refractivity contribution >= 4 is 92.1 Å². The lowest BCUT2D eigenvalue weighted by molar-refractivity contribution is 0.670. The molecule has 2 nitrogen and oxygen atoms in total. The number of hydrogen-bond acceptors (Lipinski definition) is 3. The molecule has 0 spiro atoms. The fourth-order valence-corrected chi connectivity index (χ4v) is 10.1. The molecule has 0 aliphatic carbocycles. The van der Waals surface area contributed by atoms with E-state index in [4.69, 9.17) is 4.42 Å². The van der Waals surface area contributed by atoms with Crippen molar-refractivity contribution in [1.82, 2.24) is 0 Å². The number of hydrogen-bond donors (Lipinski definition) is 0. The van der Waals surface area contributed by atoms with Crippen LogP contribution in [-0.4, -0.2) is 0 Å². The van der Waals surface area contributed by atoms with Gasteiger partial charge in [-0.2, -0.15) is 0 Å². The first-order valence-electron chi connectivity index (χ1n) is 20.1. The van der Waals surface area contributed by atoms with Crippen LogP contribution in [0.15, 0.2) is 217 Å². The number of fused-ring (bicyclic) bond motifs is 9. The summed E-state index contributed by atoms with van der Waals surface area (Å²) in [6.07, 6.45) is 0. The van der Waals surface area contributed by atoms with Crippen LogP contribution < -0.4 is 4.90 Å². The lowest BCUT2D eigenvalue weighted by Gasteiger charge is -2.26. The Morgan fingerprint density at radius 1 is 0.322 bits per heavy atom. The average molecular weight is 770 g/mol. The Labute approximate surface area is 345 Å². The highest BCUT2D eigenvalue weighted by atomic mass is 32.1. The summed E-state index contributed by atoms with van der Waals surface area (Å²) in [5, 5.41) is 9.92. The van der Waals surface area contributed by atoms with Crippen LogP contribution in [0, 0.1) is 0 Å². The van der Waals surface area contributed by atoms with Gasteiger partial charge < -0.3 is 9.32 Å². The van der Waals surface area contributed by atoms with Crippen molar-refractivity contribution in [3.63, 3.8) is 0 Å². The van der Waals surface area contributed by atoms with Crippen LogP contribution in [-0.2, 0) is 0 Å². The van der Waals surface area contributed by atoms with E-state index in [9.17, 15) is 0 Å². The topological polar surface area (TPSA) is 16.4 Å². The van der Waals surface area contributed by atoms with E-state index in [1.54, 1.807) is 0 Å². The van der Waals surface area contributed by atoms with Crippen LogP contribution in [0.25, 0.3) is 97.0 Å². The predicted octanol–water partition coefficient (Wildman–Crippen LogP) is 16.7. The minimum Gasteiger partial charge on any atom is -0.455 e. The van der Waals surface area contributed by atoms with Gasteiger partial charge in [0, 0.05) is 53.6 Å². The summed E-state index contributed by atoms with van der Waals surface area (Å²) < 4.78 is 9.08. The quantitative estimate of drug-likeness (QED) is 0.157. The number of nitrogens with zero attached hydrogens (tertiary/aromatic N) is 1. The van der Waals surface area contributed by atoms with Crippen LogP contribution in [0.3, 0.4) is 0 Å². The molecule has 0 aliphatic rings. The highest BCUT2D eigenvalue weighted by molar-refractivity contribution is 7.25. The van der Waals surface area contributed by atoms with Gasteiger partial charge in [-0.25, -0.2) is 0 Å². The number of anilines is 3. The van der Waals surface area contributed by atoms with Gasteiger partial charge in [0.1, 0.15) is 11.2 Å². The van der Waals surface area contributed by atoms with Gasteiger partial charge in [0.2, 0.25) is 0 Å². The maximum absolute atomic E-state index is 6.50. The monoisotopic (exact) mass is 769 g/mol. The fraction of sp³-hybridized carbons (Fsp3) is 0. The van der Waals surface area contributed by atoms with Crippen LogP contribution in [0.2, 0.25) is 0 Å². The lowest BCUT2D eigenvalue weighted by Crippen LogP contribution is -2.09. The van der Waals surface area contributed by atoms with E-state index in [1.165, 1.54) is 52.8 Å². The highest BCUT2D eigenvalue weighted by Crippen LogP contribution is 2.43. The summed E-state index contributed by atoms with van der Waals surface area (Å²) in [6, 6.07) is 76.9. The number of thiophene rings is 1. The summed E-state index contributed by atoms with van der Waals surface area (Å²) in [4.78, 5) is 2.38. The summed E-state index contributed by atoms with van der Waals surface area (Å²) in [6.45, 7) is 0. The summed E-state index contributed by atoms with van der Waals surface area (Å²) >= 11 is 1.85. The van der Waals surface area contributed by atoms with Crippen molar-refractivity contribution < 1.29 is 4.42 Å². The largest absolute Gasteiger partial charge is 0.455 e. The second-order valence-electron chi connectivity index (χ2n) is 15.3. The zero-order valence-corrected chi connectivity index (χ0v) is 32.8. The SMILES string of the molecule is c1ccc(-c2cccc3c2oc2ccc(-c4ccc(N(c5ccc(-c6cc7ccccc7c7ccccc67)cc5)c5ccc6c(c5)sc5ccccc56)cc4)cc23)cc1. The first-order valence-corrected chi connectivity index (χ1v) is 20.9. The molecule has 0 saturated heterocycles. The third-order valence-electron chi connectivity index (χ3n) is 11.9. The molecule has 0 unspecified atom stereocenters. The molecular formula is C56H35NOS. The number of furan rings is 1. The van der Waals surface area contributed by atoms with Crippen LogP contribution in [0.4, 0.5) is 17.1 Å². The first kappa shape index (κ1) is 33.7. The molecule has 0 N–H and O–H groups in total. The van der Waals surface area contributed by atoms with E-state index in [1.807, 2.05) is 17.4 Å². The van der Waals surface area contributed by atoms with Gasteiger partial charge in [-0.15, -0.1) is 11.3 Å². The van der Waals surface area contributed by atoms with Crippen molar-refractivity contribution in [1.29, 1.82) is 0 Å². The maximum Gasteiger partial charge on any atom is 0.143 e. The van der Waals surface area contributed by atoms with Gasteiger partial charge in [0.05, 0.1) is 0 Å². The smallest absolute Gasteiger partial charge is 0.143 e. The second-order valence-corrected chi connectivity index (χ2v) is 16.3. The molecule has 3 heteroatoms. The number of rotatable bonds is 6. The molecule has 59 heavy (non-hydrogen) atoms. The van der Waals surface area contributed by atoms with Crippen LogP contribution in [0.5, 0.6) is 0 Å². The molecule has 12 rings (SSSR count). The average Bonchev–Trinajstić information content (AvgIpc) is 3.87. The summed E-state index contributed by atoms with van der Waals surface area (Å²) in [5.74, 6) is 0. The molecule has 0 radical (unpaired) electrons. The predicted molar refractivity (Wildman–Crippen MR) is 253 cm³/mol. The number of benzene rings is 10. The van der Waals surface area contributed by atoms with E-state index in [0.29, 0.717) is 0 Å². The molecule has 10 aromatic carbocycles. The molecular weight excluding hydrogens is 735 g/mol. The standard InChI is InChI=1S/C56H35NOS/c1-2-11-37(12-3-1)45-18-10-19-50-52-33-39(25-32-53(52)58-56(45)50)36-21-26-41(27-22-36)57(43-30-31-49-48-17-8-9-20-54(48)59-55(49)35-43)42-28-23-38(24-29-42)51-34-40-13-4-5-14-44(40)46-15-6-7-16-47(46)51/h1-35H. The van der Waals surface area contributed by atoms with Crippen LogP contribution in [0.1, 0.15) is 0 Å². The summed E-state index contributed by atoms with van der Waals surface area (Å²) in [7, 11) is 0. The molecule has 276 valence electrons. The molecule has 0 fully saturated rings. The van der Waals surface area contributed by atoms with Crippen molar-refractivity contribution in [3.05, 3.63) is 212 Å². The Kier molecular flexibility index (Phi) is 7.75. The Bertz CT molecular complexity index is 3540. The first-order chi connectivity index (χ1) is 29.2. The minimum atomic E-state index is 0.895. The second kappa shape index (κ2) is 13.6. The third-order valence-corrected chi connectivity index (χ3v) is 13.0. The van der Waals surface area contributed by atoms with Crippen molar-refractivity contribution in [2.75, 3.05) is 4.90 Å². The Morgan fingerprint density at radius 3 is 1.75 bits per heavy atom. The zero-order valence-electron chi connectivity index (χ0n) is 32.0. The van der Waals surface area contributed by atoms with E-state index in [2.05, 4.69) is 211 Å². The molecule has 2 aromatic heterocycles. The molecule has 0 atom stereocenters. The molecule has 0 amide bonds. The highest BCUT2D eigenvalue weighted by Gasteiger charge is 2.18. The third kappa shape index (κ3) is 5.62. The van der Waals surface area contributed by atoms with Gasteiger partial charge in [-0.3, -0.25) is 0 Å². The fourth-order valence-electron chi connectivity index (χ4n) is 9.01. The van der Waals surface area contributed by atoms with E-state index in [0.717, 1.165) is 61.3 Å². The maximum atomic E-state index is 6.50. The van der Waals surface area contributed by atoms with Crippen molar-refractivity contribution in [3.8, 4) is 33.4 Å². The van der Waals surface area contributed by atoms with Crippen molar-refractivity contribution in [2.24, 2.45) is 0 Å². The van der Waals surface area contributed by atoms with E-state index in [-0.39, 0.29) is 0 Å². The normalized spacial score (nSPS) is 11.7. The molecule has 0 saturated carbocycles. The Balaban J connectivity index is 0.955. The van der Waals surface area contributed by atoms with Gasteiger partial charge in [0.15, 0.2) is 0 Å². The van der Waals surface area contributed by atoms with Gasteiger partial charge in [-0.05, 0) is 110 Å². The Morgan fingerprint density at radius 2 is 0.932 bits per heavy atom. The van der Waals surface area contributed by atoms with Gasteiger partial charge in [-0.1, -0.05) is 152 Å². The minimum absolute atomic E-state index is 0.895. The summed E-state index contributed by atoms with van der Waals surface area (Å²) in [5.41, 5.74) is 12.2. The molecule has 2 heterocycles. The van der Waals surface area contributed by atoms with Gasteiger partial charge in [0.25, 0.3) is 0 Å². The van der Waals surface area contributed by atoms with E-state index >= 15 is 0 Å². The molecule has 0 bridgehead atoms. The van der Waals surface area contributed by atoms with Crippen molar-refractivity contribution in [2.45, 2.75) is 0 Å². The van der Waals surface area contributed by atoms with E-state index < -0.39 is 0 Å². The van der Waals surface area contributed by atoms with Crippen LogP contribution >= 0.6 is 11.3 Å².